The SMILES string of the molecule is CC[C@@]1(CO)CCCN(CC(=O)Nc2ccn(C)n2)C1. The van der Waals surface area contributed by atoms with E-state index in [-0.39, 0.29) is 17.9 Å². The standard InChI is InChI=1S/C14H24N4O2/c1-3-14(11-19)6-4-7-18(10-14)9-13(20)15-12-5-8-17(2)16-12/h5,8,19H,3-4,6-7,9-11H2,1-2H3,(H,15,16,20)/t14-/m1/s1. The number of nitrogens with zero attached hydrogens (tertiary/aromatic N) is 3. The zero-order valence-electron chi connectivity index (χ0n) is 12.3. The van der Waals surface area contributed by atoms with Crippen LogP contribution < -0.4 is 5.32 Å². The second-order valence-electron chi connectivity index (χ2n) is 5.75. The van der Waals surface area contributed by atoms with Crippen LogP contribution in [-0.2, 0) is 11.8 Å². The number of aliphatic hydroxyl groups excluding tert-OH is 1. The molecule has 2 N–H and O–H groups in total. The average Bonchev–Trinajstić information content (AvgIpc) is 2.84. The molecule has 2 rings (SSSR count). The Balaban J connectivity index is 1.87. The molecule has 1 aromatic rings. The summed E-state index contributed by atoms with van der Waals surface area (Å²) < 4.78 is 1.66. The number of hydrogen-bond acceptors (Lipinski definition) is 4. The monoisotopic (exact) mass is 280 g/mol. The summed E-state index contributed by atoms with van der Waals surface area (Å²) in [7, 11) is 1.82. The van der Waals surface area contributed by atoms with Gasteiger partial charge in [0.25, 0.3) is 0 Å². The summed E-state index contributed by atoms with van der Waals surface area (Å²) in [6, 6.07) is 1.78. The van der Waals surface area contributed by atoms with Gasteiger partial charge in [0.2, 0.25) is 5.91 Å². The van der Waals surface area contributed by atoms with Crippen LogP contribution in [-0.4, -0.2) is 51.9 Å². The van der Waals surface area contributed by atoms with Crippen molar-refractivity contribution >= 4 is 11.7 Å². The predicted octanol–water partition coefficient (Wildman–Crippen LogP) is 0.843. The first-order valence-corrected chi connectivity index (χ1v) is 7.19. The molecule has 6 heteroatoms. The maximum absolute atomic E-state index is 12.0. The van der Waals surface area contributed by atoms with Crippen molar-refractivity contribution in [2.24, 2.45) is 12.5 Å². The first-order chi connectivity index (χ1) is 9.57. The molecule has 6 nitrogen and oxygen atoms in total. The molecule has 20 heavy (non-hydrogen) atoms. The number of aliphatic hydroxyl groups is 1. The number of carbonyl (C=O) groups is 1. The van der Waals surface area contributed by atoms with E-state index in [0.29, 0.717) is 12.4 Å². The Hall–Kier alpha value is -1.40. The molecule has 0 bridgehead atoms. The van der Waals surface area contributed by atoms with Gasteiger partial charge in [-0.15, -0.1) is 0 Å². The number of amides is 1. The smallest absolute Gasteiger partial charge is 0.239 e. The summed E-state index contributed by atoms with van der Waals surface area (Å²) in [4.78, 5) is 14.1. The van der Waals surface area contributed by atoms with Crippen LogP contribution in [0.25, 0.3) is 0 Å². The van der Waals surface area contributed by atoms with Crippen LogP contribution in [0.15, 0.2) is 12.3 Å². The Morgan fingerprint density at radius 3 is 3.00 bits per heavy atom. The summed E-state index contributed by atoms with van der Waals surface area (Å²) in [5.74, 6) is 0.534. The third kappa shape index (κ3) is 3.58. The van der Waals surface area contributed by atoms with Crippen molar-refractivity contribution in [1.29, 1.82) is 0 Å². The molecule has 1 aromatic heterocycles. The molecule has 1 aliphatic rings. The van der Waals surface area contributed by atoms with Crippen molar-refractivity contribution < 1.29 is 9.90 Å². The Labute approximate surface area is 119 Å². The Morgan fingerprint density at radius 2 is 2.40 bits per heavy atom. The minimum absolute atomic E-state index is 0.0382. The molecule has 0 aromatic carbocycles. The summed E-state index contributed by atoms with van der Waals surface area (Å²) in [6.45, 7) is 4.36. The summed E-state index contributed by atoms with van der Waals surface area (Å²) in [5.41, 5.74) is -0.0382. The van der Waals surface area contributed by atoms with Crippen LogP contribution in [0, 0.1) is 5.41 Å². The van der Waals surface area contributed by atoms with Gasteiger partial charge in [0.1, 0.15) is 0 Å². The van der Waals surface area contributed by atoms with Gasteiger partial charge in [-0.25, -0.2) is 0 Å². The lowest BCUT2D eigenvalue weighted by Gasteiger charge is -2.41. The molecule has 2 heterocycles. The van der Waals surface area contributed by atoms with Crippen molar-refractivity contribution in [1.82, 2.24) is 14.7 Å². The number of anilines is 1. The largest absolute Gasteiger partial charge is 0.396 e. The fraction of sp³-hybridized carbons (Fsp3) is 0.714. The second kappa shape index (κ2) is 6.37. The van der Waals surface area contributed by atoms with E-state index < -0.39 is 0 Å². The number of nitrogens with one attached hydrogen (secondary N) is 1. The van der Waals surface area contributed by atoms with Crippen molar-refractivity contribution in [3.05, 3.63) is 12.3 Å². The first-order valence-electron chi connectivity index (χ1n) is 7.19. The highest BCUT2D eigenvalue weighted by Gasteiger charge is 2.33. The van der Waals surface area contributed by atoms with Gasteiger partial charge in [-0.2, -0.15) is 5.10 Å². The lowest BCUT2D eigenvalue weighted by Crippen LogP contribution is -2.47. The fourth-order valence-electron chi connectivity index (χ4n) is 2.84. The van der Waals surface area contributed by atoms with Gasteiger partial charge in [0, 0.05) is 37.9 Å². The number of aromatic nitrogens is 2. The lowest BCUT2D eigenvalue weighted by molar-refractivity contribution is -0.118. The zero-order chi connectivity index (χ0) is 14.6. The van der Waals surface area contributed by atoms with Crippen molar-refractivity contribution in [3.63, 3.8) is 0 Å². The lowest BCUT2D eigenvalue weighted by atomic mass is 9.78. The number of piperidine rings is 1. The second-order valence-corrected chi connectivity index (χ2v) is 5.75. The average molecular weight is 280 g/mol. The van der Waals surface area contributed by atoms with Gasteiger partial charge in [-0.05, 0) is 25.8 Å². The van der Waals surface area contributed by atoms with Gasteiger partial charge < -0.3 is 10.4 Å². The van der Waals surface area contributed by atoms with E-state index >= 15 is 0 Å². The third-order valence-electron chi connectivity index (χ3n) is 4.17. The highest BCUT2D eigenvalue weighted by molar-refractivity contribution is 5.91. The van der Waals surface area contributed by atoms with Gasteiger partial charge in [0.15, 0.2) is 5.82 Å². The van der Waals surface area contributed by atoms with Gasteiger partial charge in [0.05, 0.1) is 6.54 Å². The Bertz CT molecular complexity index is 454. The van der Waals surface area contributed by atoms with E-state index in [1.165, 1.54) is 0 Å². The number of hydrogen-bond donors (Lipinski definition) is 2. The number of likely N-dealkylation sites (tertiary alicyclic amines) is 1. The summed E-state index contributed by atoms with van der Waals surface area (Å²) in [6.07, 6.45) is 4.82. The maximum atomic E-state index is 12.0. The molecule has 1 fully saturated rings. The highest BCUT2D eigenvalue weighted by atomic mass is 16.3. The quantitative estimate of drug-likeness (QED) is 0.838. The van der Waals surface area contributed by atoms with Gasteiger partial charge >= 0.3 is 0 Å². The van der Waals surface area contributed by atoms with Crippen LogP contribution in [0.2, 0.25) is 0 Å². The molecule has 1 amide bonds. The van der Waals surface area contributed by atoms with E-state index in [0.717, 1.165) is 32.4 Å². The van der Waals surface area contributed by atoms with Crippen molar-refractivity contribution in [3.8, 4) is 0 Å². The molecule has 0 radical (unpaired) electrons. The van der Waals surface area contributed by atoms with E-state index in [4.69, 9.17) is 0 Å². The Morgan fingerprint density at radius 1 is 1.60 bits per heavy atom. The Kier molecular flexibility index (Phi) is 4.77. The molecule has 0 unspecified atom stereocenters. The third-order valence-corrected chi connectivity index (χ3v) is 4.17. The fourth-order valence-corrected chi connectivity index (χ4v) is 2.84. The molecule has 0 saturated carbocycles. The van der Waals surface area contributed by atoms with E-state index in [1.807, 2.05) is 7.05 Å². The normalized spacial score (nSPS) is 23.8. The minimum atomic E-state index is -0.0476. The minimum Gasteiger partial charge on any atom is -0.396 e. The highest BCUT2D eigenvalue weighted by Crippen LogP contribution is 2.32. The van der Waals surface area contributed by atoms with Gasteiger partial charge in [-0.3, -0.25) is 14.4 Å². The molecule has 1 saturated heterocycles. The number of carbonyl (C=O) groups excluding carboxylic acids is 1. The summed E-state index contributed by atoms with van der Waals surface area (Å²) in [5, 5.41) is 16.5. The molecule has 0 spiro atoms. The first kappa shape index (κ1) is 15.0. The molecule has 1 aliphatic heterocycles. The van der Waals surface area contributed by atoms with Crippen molar-refractivity contribution in [2.45, 2.75) is 26.2 Å². The zero-order valence-corrected chi connectivity index (χ0v) is 12.3. The number of aryl methyl sites for hydroxylation is 1. The maximum Gasteiger partial charge on any atom is 0.239 e. The van der Waals surface area contributed by atoms with E-state index in [2.05, 4.69) is 22.2 Å². The molecular formula is C14H24N4O2. The molecule has 1 atom stereocenters. The predicted molar refractivity (Wildman–Crippen MR) is 77.3 cm³/mol. The van der Waals surface area contributed by atoms with E-state index in [1.54, 1.807) is 16.9 Å². The van der Waals surface area contributed by atoms with Gasteiger partial charge in [-0.1, -0.05) is 6.92 Å². The molecule has 112 valence electrons. The van der Waals surface area contributed by atoms with E-state index in [9.17, 15) is 9.90 Å². The van der Waals surface area contributed by atoms with Crippen LogP contribution in [0.1, 0.15) is 26.2 Å². The molecular weight excluding hydrogens is 256 g/mol. The van der Waals surface area contributed by atoms with Crippen LogP contribution >= 0.6 is 0 Å². The van der Waals surface area contributed by atoms with Crippen LogP contribution in [0.3, 0.4) is 0 Å². The summed E-state index contributed by atoms with van der Waals surface area (Å²) >= 11 is 0. The van der Waals surface area contributed by atoms with Crippen LogP contribution in [0.4, 0.5) is 5.82 Å². The van der Waals surface area contributed by atoms with Crippen molar-refractivity contribution in [2.75, 3.05) is 31.6 Å². The topological polar surface area (TPSA) is 70.4 Å². The van der Waals surface area contributed by atoms with Crippen LogP contribution in [0.5, 0.6) is 0 Å². The molecule has 0 aliphatic carbocycles. The number of rotatable bonds is 5.